The van der Waals surface area contributed by atoms with Gasteiger partial charge in [-0.2, -0.15) is 0 Å². The zero-order chi connectivity index (χ0) is 20.1. The number of benzene rings is 1. The maximum atomic E-state index is 9.82. The van der Waals surface area contributed by atoms with Crippen molar-refractivity contribution in [3.05, 3.63) is 48.0 Å². The molecular formula is C17H30N2O5S. The molecule has 0 bridgehead atoms. The van der Waals surface area contributed by atoms with Crippen molar-refractivity contribution >= 4 is 16.3 Å². The van der Waals surface area contributed by atoms with Crippen molar-refractivity contribution in [3.8, 4) is 0 Å². The lowest BCUT2D eigenvalue weighted by Gasteiger charge is -2.29. The van der Waals surface area contributed by atoms with Gasteiger partial charge in [-0.3, -0.25) is 8.98 Å². The molecule has 0 heterocycles. The molecule has 0 aliphatic heterocycles. The van der Waals surface area contributed by atoms with Gasteiger partial charge in [-0.25, -0.2) is 8.42 Å². The lowest BCUT2D eigenvalue weighted by Crippen LogP contribution is -2.39. The summed E-state index contributed by atoms with van der Waals surface area (Å²) in [6, 6.07) is 10.7. The average molecular weight is 375 g/mol. The van der Waals surface area contributed by atoms with Gasteiger partial charge < -0.3 is 14.8 Å². The lowest BCUT2D eigenvalue weighted by atomic mass is 10.2. The fourth-order valence-electron chi connectivity index (χ4n) is 1.76. The van der Waals surface area contributed by atoms with Gasteiger partial charge in [0.15, 0.2) is 0 Å². The van der Waals surface area contributed by atoms with Crippen molar-refractivity contribution in [1.82, 2.24) is 0 Å². The molecule has 1 amide bonds. The van der Waals surface area contributed by atoms with Crippen LogP contribution in [-0.4, -0.2) is 51.1 Å². The Labute approximate surface area is 151 Å². The standard InChI is InChI=1S/C12H20N.C4H7NO.CH4O4S/c1-4-10-13(2,3)11-12-8-6-5-7-9-12;1-3(2)4(5)6;1-5-6(2,3)4/h5-9H,4,10-11H2,1-3H3;1H2,2H3,(H2,5,6);1H3,(H,2,3,4)/q+1;;/p-1. The summed E-state index contributed by atoms with van der Waals surface area (Å²) in [4.78, 5) is 9.82. The third-order valence-corrected chi connectivity index (χ3v) is 3.32. The minimum Gasteiger partial charge on any atom is -0.726 e. The zero-order valence-corrected chi connectivity index (χ0v) is 16.5. The first kappa shape index (κ1) is 25.5. The molecule has 0 atom stereocenters. The van der Waals surface area contributed by atoms with Crippen LogP contribution in [0, 0.1) is 0 Å². The number of rotatable bonds is 6. The van der Waals surface area contributed by atoms with Crippen LogP contribution in [0.3, 0.4) is 0 Å². The SMILES string of the molecule is C=C(C)C(N)=O.CCC[N+](C)(C)Cc1ccccc1.COS(=O)(=O)[O-]. The highest BCUT2D eigenvalue weighted by Gasteiger charge is 2.13. The predicted molar refractivity (Wildman–Crippen MR) is 98.1 cm³/mol. The minimum absolute atomic E-state index is 0.398. The molecule has 25 heavy (non-hydrogen) atoms. The maximum absolute atomic E-state index is 9.82. The van der Waals surface area contributed by atoms with Gasteiger partial charge in [-0.1, -0.05) is 43.8 Å². The van der Waals surface area contributed by atoms with E-state index in [4.69, 9.17) is 5.73 Å². The van der Waals surface area contributed by atoms with Crippen LogP contribution in [0.25, 0.3) is 0 Å². The van der Waals surface area contributed by atoms with Crippen LogP contribution in [0.5, 0.6) is 0 Å². The Balaban J connectivity index is 0. The van der Waals surface area contributed by atoms with E-state index in [0.29, 0.717) is 5.57 Å². The highest BCUT2D eigenvalue weighted by atomic mass is 32.3. The summed E-state index contributed by atoms with van der Waals surface area (Å²) >= 11 is 0. The van der Waals surface area contributed by atoms with Crippen molar-refractivity contribution in [3.63, 3.8) is 0 Å². The van der Waals surface area contributed by atoms with Crippen molar-refractivity contribution in [2.45, 2.75) is 26.8 Å². The largest absolute Gasteiger partial charge is 0.726 e. The summed E-state index contributed by atoms with van der Waals surface area (Å²) in [5.74, 6) is -0.435. The van der Waals surface area contributed by atoms with E-state index in [9.17, 15) is 17.8 Å². The van der Waals surface area contributed by atoms with Gasteiger partial charge in [0.2, 0.25) is 16.3 Å². The molecule has 0 spiro atoms. The molecule has 1 aromatic rings. The Bertz CT molecular complexity index is 601. The number of carbonyl (C=O) groups is 1. The number of quaternary nitrogens is 1. The van der Waals surface area contributed by atoms with Crippen LogP contribution in [0.15, 0.2) is 42.5 Å². The van der Waals surface area contributed by atoms with E-state index >= 15 is 0 Å². The molecule has 1 aromatic carbocycles. The van der Waals surface area contributed by atoms with Crippen LogP contribution >= 0.6 is 0 Å². The van der Waals surface area contributed by atoms with Crippen molar-refractivity contribution in [1.29, 1.82) is 0 Å². The Morgan fingerprint density at radius 2 is 1.68 bits per heavy atom. The summed E-state index contributed by atoms with van der Waals surface area (Å²) in [5, 5.41) is 0. The second-order valence-corrected chi connectivity index (χ2v) is 7.17. The molecular weight excluding hydrogens is 344 g/mol. The molecule has 0 saturated carbocycles. The second kappa shape index (κ2) is 12.6. The van der Waals surface area contributed by atoms with Gasteiger partial charge in [0.25, 0.3) is 0 Å². The van der Waals surface area contributed by atoms with E-state index in [1.807, 2.05) is 0 Å². The summed E-state index contributed by atoms with van der Waals surface area (Å²) in [7, 11) is 0.972. The van der Waals surface area contributed by atoms with Gasteiger partial charge in [0.05, 0.1) is 27.7 Å². The number of hydrogen-bond acceptors (Lipinski definition) is 5. The second-order valence-electron chi connectivity index (χ2n) is 6.02. The van der Waals surface area contributed by atoms with E-state index < -0.39 is 16.3 Å². The van der Waals surface area contributed by atoms with Crippen molar-refractivity contribution in [2.75, 3.05) is 27.7 Å². The molecule has 2 N–H and O–H groups in total. The lowest BCUT2D eigenvalue weighted by molar-refractivity contribution is -0.903. The van der Waals surface area contributed by atoms with E-state index in [1.165, 1.54) is 18.5 Å². The monoisotopic (exact) mass is 374 g/mol. The minimum atomic E-state index is -4.41. The molecule has 8 heteroatoms. The Kier molecular flexibility index (Phi) is 12.8. The first-order valence-corrected chi connectivity index (χ1v) is 9.00. The maximum Gasteiger partial charge on any atom is 0.243 e. The molecule has 0 aliphatic rings. The smallest absolute Gasteiger partial charge is 0.243 e. The highest BCUT2D eigenvalue weighted by Crippen LogP contribution is 2.09. The number of carbonyl (C=O) groups excluding carboxylic acids is 1. The van der Waals surface area contributed by atoms with Gasteiger partial charge >= 0.3 is 0 Å². The average Bonchev–Trinajstić information content (AvgIpc) is 2.48. The van der Waals surface area contributed by atoms with E-state index in [2.05, 4.69) is 62.1 Å². The quantitative estimate of drug-likeness (QED) is 0.353. The molecule has 0 unspecified atom stereocenters. The van der Waals surface area contributed by atoms with Gasteiger partial charge in [-0.15, -0.1) is 0 Å². The molecule has 0 saturated heterocycles. The first-order chi connectivity index (χ1) is 11.3. The number of nitrogens with two attached hydrogens (primary N) is 1. The molecule has 144 valence electrons. The molecule has 0 aliphatic carbocycles. The number of hydrogen-bond donors (Lipinski definition) is 1. The normalized spacial score (nSPS) is 10.6. The van der Waals surface area contributed by atoms with Gasteiger partial charge in [0.1, 0.15) is 6.54 Å². The molecule has 0 radical (unpaired) electrons. The summed E-state index contributed by atoms with van der Waals surface area (Å²) in [6.45, 7) is 9.47. The topological polar surface area (TPSA) is 110 Å². The third-order valence-electron chi connectivity index (χ3n) is 2.91. The van der Waals surface area contributed by atoms with E-state index in [0.717, 1.165) is 18.1 Å². The van der Waals surface area contributed by atoms with Crippen LogP contribution in [-0.2, 0) is 25.9 Å². The summed E-state index contributed by atoms with van der Waals surface area (Å²) in [6.07, 6.45) is 1.25. The number of amides is 1. The Morgan fingerprint density at radius 3 is 1.96 bits per heavy atom. The third kappa shape index (κ3) is 18.4. The molecule has 7 nitrogen and oxygen atoms in total. The molecule has 0 aromatic heterocycles. The highest BCUT2D eigenvalue weighted by molar-refractivity contribution is 7.80. The molecule has 1 rings (SSSR count). The fourth-order valence-corrected chi connectivity index (χ4v) is 1.76. The van der Waals surface area contributed by atoms with Gasteiger partial charge in [-0.05, 0) is 13.3 Å². The first-order valence-electron chi connectivity index (χ1n) is 7.67. The Hall–Kier alpha value is -1.74. The van der Waals surface area contributed by atoms with Crippen LogP contribution < -0.4 is 5.73 Å². The number of primary amides is 1. The van der Waals surface area contributed by atoms with Crippen LogP contribution in [0.1, 0.15) is 25.8 Å². The van der Waals surface area contributed by atoms with Crippen LogP contribution in [0.2, 0.25) is 0 Å². The summed E-state index contributed by atoms with van der Waals surface area (Å²) in [5.41, 5.74) is 6.53. The van der Waals surface area contributed by atoms with Crippen LogP contribution in [0.4, 0.5) is 0 Å². The van der Waals surface area contributed by atoms with E-state index in [-0.39, 0.29) is 0 Å². The number of nitrogens with zero attached hydrogens (tertiary/aromatic N) is 1. The van der Waals surface area contributed by atoms with E-state index in [1.54, 1.807) is 6.92 Å². The summed E-state index contributed by atoms with van der Waals surface area (Å²) < 4.78 is 32.1. The van der Waals surface area contributed by atoms with Gasteiger partial charge in [0, 0.05) is 11.1 Å². The van der Waals surface area contributed by atoms with Crippen molar-refractivity contribution < 1.29 is 26.4 Å². The Morgan fingerprint density at radius 1 is 1.28 bits per heavy atom. The molecule has 0 fully saturated rings. The zero-order valence-electron chi connectivity index (χ0n) is 15.7. The predicted octanol–water partition coefficient (Wildman–Crippen LogP) is 1.81. The van der Waals surface area contributed by atoms with Crippen molar-refractivity contribution in [2.24, 2.45) is 5.73 Å². The fraction of sp³-hybridized carbons (Fsp3) is 0.471.